The molecule has 0 radical (unpaired) electrons. The molecule has 0 spiro atoms. The van der Waals surface area contributed by atoms with Crippen LogP contribution in [0, 0.1) is 0 Å². The van der Waals surface area contributed by atoms with Crippen molar-refractivity contribution < 1.29 is 4.42 Å². The molecule has 0 unspecified atom stereocenters. The van der Waals surface area contributed by atoms with Gasteiger partial charge >= 0.3 is 0 Å². The molecule has 10 aromatic rings. The highest BCUT2D eigenvalue weighted by Gasteiger charge is 2.17. The maximum Gasteiger partial charge on any atom is 0.164 e. The van der Waals surface area contributed by atoms with Crippen LogP contribution in [0.1, 0.15) is 12.7 Å². The zero-order valence-corrected chi connectivity index (χ0v) is 30.8. The number of nitrogens with zero attached hydrogens (tertiary/aromatic N) is 3. The lowest BCUT2D eigenvalue weighted by molar-refractivity contribution is 0.574. The summed E-state index contributed by atoms with van der Waals surface area (Å²) in [7, 11) is 0. The molecular formula is C52H35N3O. The van der Waals surface area contributed by atoms with Crippen LogP contribution in [0.5, 0.6) is 0 Å². The molecule has 56 heavy (non-hydrogen) atoms. The van der Waals surface area contributed by atoms with Gasteiger partial charge in [0.25, 0.3) is 0 Å². The lowest BCUT2D eigenvalue weighted by atomic mass is 9.90. The molecule has 0 amide bonds. The second-order valence-electron chi connectivity index (χ2n) is 13.9. The van der Waals surface area contributed by atoms with E-state index >= 15 is 0 Å². The van der Waals surface area contributed by atoms with Gasteiger partial charge in [-0.25, -0.2) is 15.0 Å². The van der Waals surface area contributed by atoms with Crippen molar-refractivity contribution >= 4 is 54.9 Å². The van der Waals surface area contributed by atoms with Gasteiger partial charge in [-0.2, -0.15) is 0 Å². The van der Waals surface area contributed by atoms with Crippen LogP contribution in [0.4, 0.5) is 0 Å². The van der Waals surface area contributed by atoms with Gasteiger partial charge in [0.05, 0.1) is 0 Å². The average molecular weight is 718 g/mol. The largest absolute Gasteiger partial charge is 0.456 e. The van der Waals surface area contributed by atoms with Gasteiger partial charge in [0.15, 0.2) is 17.5 Å². The molecule has 0 fully saturated rings. The third-order valence-electron chi connectivity index (χ3n) is 10.7. The normalized spacial score (nSPS) is 12.5. The number of fused-ring (bicyclic) bond motifs is 6. The van der Waals surface area contributed by atoms with Gasteiger partial charge in [-0.15, -0.1) is 0 Å². The molecular weight excluding hydrogens is 683 g/mol. The number of hydrogen-bond donors (Lipinski definition) is 0. The smallest absolute Gasteiger partial charge is 0.164 e. The van der Waals surface area contributed by atoms with Gasteiger partial charge in [-0.05, 0) is 79.7 Å². The molecule has 264 valence electrons. The van der Waals surface area contributed by atoms with Crippen molar-refractivity contribution in [1.29, 1.82) is 0 Å². The van der Waals surface area contributed by atoms with Crippen LogP contribution in [-0.2, 0) is 0 Å². The van der Waals surface area contributed by atoms with Crippen molar-refractivity contribution in [2.45, 2.75) is 6.92 Å². The fourth-order valence-corrected chi connectivity index (χ4v) is 7.96. The van der Waals surface area contributed by atoms with E-state index in [-0.39, 0.29) is 0 Å². The van der Waals surface area contributed by atoms with Crippen LogP contribution in [0.3, 0.4) is 0 Å². The Morgan fingerprint density at radius 2 is 1.09 bits per heavy atom. The summed E-state index contributed by atoms with van der Waals surface area (Å²) < 4.78 is 6.25. The maximum absolute atomic E-state index is 6.25. The van der Waals surface area contributed by atoms with Gasteiger partial charge in [0.2, 0.25) is 0 Å². The van der Waals surface area contributed by atoms with Crippen LogP contribution in [0.25, 0.3) is 100.0 Å². The molecule has 4 heteroatoms. The Labute approximate surface area is 324 Å². The lowest BCUT2D eigenvalue weighted by Gasteiger charge is -2.14. The Kier molecular flexibility index (Phi) is 8.15. The van der Waals surface area contributed by atoms with Crippen LogP contribution in [0.2, 0.25) is 0 Å². The number of hydrogen-bond acceptors (Lipinski definition) is 4. The highest BCUT2D eigenvalue weighted by Crippen LogP contribution is 2.40. The van der Waals surface area contributed by atoms with Crippen LogP contribution < -0.4 is 10.6 Å². The SMILES string of the molecule is C=C/C(c1nc(-c2ccccc2)nc(-c2ccc(-c3cccc4ccc5ccc6ccc(-c7ccccc7)cc6c5c34)cc2)n1)=c1\c(=C/C)oc2ccccc12. The second kappa shape index (κ2) is 13.8. The first-order chi connectivity index (χ1) is 27.7. The number of rotatable bonds is 6. The summed E-state index contributed by atoms with van der Waals surface area (Å²) in [4.78, 5) is 15.2. The molecule has 0 saturated heterocycles. The Morgan fingerprint density at radius 1 is 0.500 bits per heavy atom. The Morgan fingerprint density at radius 3 is 1.80 bits per heavy atom. The third-order valence-corrected chi connectivity index (χ3v) is 10.7. The molecule has 0 aliphatic carbocycles. The number of furan rings is 1. The quantitative estimate of drug-likeness (QED) is 0.161. The molecule has 0 aliphatic rings. The summed E-state index contributed by atoms with van der Waals surface area (Å²) in [6, 6.07) is 59.6. The first-order valence-corrected chi connectivity index (χ1v) is 18.8. The van der Waals surface area contributed by atoms with Gasteiger partial charge in [-0.3, -0.25) is 0 Å². The Balaban J connectivity index is 1.15. The van der Waals surface area contributed by atoms with Crippen molar-refractivity contribution in [1.82, 2.24) is 15.0 Å². The molecule has 0 aliphatic heterocycles. The number of aromatic nitrogens is 3. The fraction of sp³-hybridized carbons (Fsp3) is 0.0192. The Bertz CT molecular complexity index is 3250. The van der Waals surface area contributed by atoms with Gasteiger partial charge < -0.3 is 4.42 Å². The molecule has 4 nitrogen and oxygen atoms in total. The number of benzene rings is 8. The van der Waals surface area contributed by atoms with Crippen LogP contribution >= 0.6 is 0 Å². The monoisotopic (exact) mass is 717 g/mol. The summed E-state index contributed by atoms with van der Waals surface area (Å²) in [5.74, 6) is 1.70. The van der Waals surface area contributed by atoms with E-state index in [2.05, 4.69) is 128 Å². The van der Waals surface area contributed by atoms with Gasteiger partial charge in [0.1, 0.15) is 11.0 Å². The molecule has 2 aromatic heterocycles. The molecule has 0 bridgehead atoms. The van der Waals surface area contributed by atoms with Crippen LogP contribution in [-0.4, -0.2) is 15.0 Å². The summed E-state index contributed by atoms with van der Waals surface area (Å²) >= 11 is 0. The number of allylic oxidation sites excluding steroid dienone is 1. The summed E-state index contributed by atoms with van der Waals surface area (Å²) in [6.07, 6.45) is 3.79. The average Bonchev–Trinajstić information content (AvgIpc) is 3.65. The first kappa shape index (κ1) is 33.2. The summed E-state index contributed by atoms with van der Waals surface area (Å²) in [5.41, 5.74) is 8.84. The molecule has 0 atom stereocenters. The fourth-order valence-electron chi connectivity index (χ4n) is 7.96. The van der Waals surface area contributed by atoms with Crippen molar-refractivity contribution in [2.75, 3.05) is 0 Å². The third kappa shape index (κ3) is 5.67. The van der Waals surface area contributed by atoms with E-state index in [0.717, 1.165) is 43.9 Å². The second-order valence-corrected chi connectivity index (χ2v) is 13.9. The molecule has 8 aromatic carbocycles. The molecule has 0 saturated carbocycles. The molecule has 2 heterocycles. The minimum atomic E-state index is 0.532. The van der Waals surface area contributed by atoms with Crippen molar-refractivity contribution in [3.8, 4) is 45.0 Å². The maximum atomic E-state index is 6.25. The first-order valence-electron chi connectivity index (χ1n) is 18.8. The predicted octanol–water partition coefficient (Wildman–Crippen LogP) is 11.9. The van der Waals surface area contributed by atoms with Gasteiger partial charge in [0, 0.05) is 27.3 Å². The Hall–Kier alpha value is -7.43. The molecule has 10 rings (SSSR count). The van der Waals surface area contributed by atoms with E-state index in [9.17, 15) is 0 Å². The minimum absolute atomic E-state index is 0.532. The summed E-state index contributed by atoms with van der Waals surface area (Å²) in [6.45, 7) is 6.19. The van der Waals surface area contributed by atoms with Crippen molar-refractivity contribution in [2.24, 2.45) is 0 Å². The lowest BCUT2D eigenvalue weighted by Crippen LogP contribution is -2.24. The van der Waals surface area contributed by atoms with E-state index in [1.165, 1.54) is 49.0 Å². The summed E-state index contributed by atoms with van der Waals surface area (Å²) in [5, 5.41) is 9.28. The van der Waals surface area contributed by atoms with Gasteiger partial charge in [-0.1, -0.05) is 170 Å². The standard InChI is InChI=1S/C52H35N3O/c1-3-41(49-43-19-11-12-21-46(43)56-45(49)4-2)52-54-50(38-16-9-6-10-17-38)53-51(55-52)39-29-23-34(24-30-39)42-20-13-18-36-27-28-37-26-22-35-25-31-40(33-14-7-5-8-15-33)32-44(35)48(37)47(36)42/h3-32H,1H2,2H3/b45-4+,49-41+. The van der Waals surface area contributed by atoms with E-state index in [4.69, 9.17) is 19.4 Å². The highest BCUT2D eigenvalue weighted by atomic mass is 16.3. The van der Waals surface area contributed by atoms with Crippen LogP contribution in [0.15, 0.2) is 187 Å². The predicted molar refractivity (Wildman–Crippen MR) is 232 cm³/mol. The van der Waals surface area contributed by atoms with E-state index < -0.39 is 0 Å². The zero-order valence-electron chi connectivity index (χ0n) is 30.8. The van der Waals surface area contributed by atoms with Crippen molar-refractivity contribution in [3.63, 3.8) is 0 Å². The topological polar surface area (TPSA) is 51.8 Å². The highest BCUT2D eigenvalue weighted by molar-refractivity contribution is 6.24. The van der Waals surface area contributed by atoms with Crippen molar-refractivity contribution in [3.05, 3.63) is 199 Å². The number of para-hydroxylation sites is 1. The zero-order chi connectivity index (χ0) is 37.6. The minimum Gasteiger partial charge on any atom is -0.456 e. The van der Waals surface area contributed by atoms with E-state index in [0.29, 0.717) is 17.5 Å². The van der Waals surface area contributed by atoms with E-state index in [1.807, 2.05) is 67.6 Å². The molecule has 0 N–H and O–H groups in total. The van der Waals surface area contributed by atoms with E-state index in [1.54, 1.807) is 0 Å².